The van der Waals surface area contributed by atoms with Gasteiger partial charge < -0.3 is 19.9 Å². The molecule has 0 atom stereocenters. The molecule has 2 fully saturated rings. The van der Waals surface area contributed by atoms with E-state index in [1.165, 1.54) is 19.3 Å². The van der Waals surface area contributed by atoms with Crippen molar-refractivity contribution in [1.29, 1.82) is 0 Å². The number of carbonyl (C=O) groups is 1. The molecular formula is C21H33Cl2N3O2. The van der Waals surface area contributed by atoms with Gasteiger partial charge in [0.05, 0.1) is 22.3 Å². The number of rotatable bonds is 4. The van der Waals surface area contributed by atoms with Gasteiger partial charge in [0.15, 0.2) is 0 Å². The van der Waals surface area contributed by atoms with Crippen LogP contribution in [-0.2, 0) is 4.74 Å². The molecule has 0 spiro atoms. The Bertz CT molecular complexity index is 601. The van der Waals surface area contributed by atoms with Crippen molar-refractivity contribution in [2.24, 2.45) is 0 Å². The molecule has 0 unspecified atom stereocenters. The quantitative estimate of drug-likeness (QED) is 0.713. The Labute approximate surface area is 179 Å². The van der Waals surface area contributed by atoms with Crippen LogP contribution < -0.4 is 10.2 Å². The normalized spacial score (nSPS) is 18.2. The first-order chi connectivity index (χ1) is 13.5. The number of carbonyl (C=O) groups excluding carboxylic acids is 1. The van der Waals surface area contributed by atoms with Crippen molar-refractivity contribution in [1.82, 2.24) is 10.2 Å². The SMILES string of the molecule is CCN1CCN(c2cccc(Cl)c2Cl)CC1.CCOC(=O)NC1CCCCC1. The van der Waals surface area contributed by atoms with Gasteiger partial charge in [0.2, 0.25) is 0 Å². The van der Waals surface area contributed by atoms with Gasteiger partial charge in [-0.1, -0.05) is 55.5 Å². The summed E-state index contributed by atoms with van der Waals surface area (Å²) in [4.78, 5) is 15.7. The van der Waals surface area contributed by atoms with E-state index in [-0.39, 0.29) is 6.09 Å². The van der Waals surface area contributed by atoms with E-state index < -0.39 is 0 Å². The minimum atomic E-state index is -0.260. The summed E-state index contributed by atoms with van der Waals surface area (Å²) < 4.78 is 4.79. The first-order valence-electron chi connectivity index (χ1n) is 10.4. The summed E-state index contributed by atoms with van der Waals surface area (Å²) in [5.74, 6) is 0. The van der Waals surface area contributed by atoms with Crippen LogP contribution in [-0.4, -0.2) is 56.4 Å². The molecule has 1 heterocycles. The highest BCUT2D eigenvalue weighted by Crippen LogP contribution is 2.32. The zero-order chi connectivity index (χ0) is 20.4. The Kier molecular flexibility index (Phi) is 10.2. The number of piperazine rings is 1. The third-order valence-electron chi connectivity index (χ3n) is 5.29. The number of nitrogens with one attached hydrogen (secondary N) is 1. The number of ether oxygens (including phenoxy) is 1. The molecular weight excluding hydrogens is 397 g/mol. The zero-order valence-electron chi connectivity index (χ0n) is 17.1. The van der Waals surface area contributed by atoms with E-state index in [0.717, 1.165) is 51.3 Å². The number of anilines is 1. The maximum absolute atomic E-state index is 11.0. The number of likely N-dealkylation sites (N-methyl/N-ethyl adjacent to an activating group) is 1. The van der Waals surface area contributed by atoms with Crippen LogP contribution in [0.5, 0.6) is 0 Å². The second kappa shape index (κ2) is 12.4. The Balaban J connectivity index is 0.000000209. The standard InChI is InChI=1S/C12H16Cl2N2.C9H17NO2/c1-2-15-6-8-16(9-7-15)11-5-3-4-10(13)12(11)14;1-2-12-9(11)10-8-6-4-3-5-7-8/h3-5H,2,6-9H2,1H3;8H,2-7H2,1H3,(H,10,11). The summed E-state index contributed by atoms with van der Waals surface area (Å²) in [5.41, 5.74) is 1.06. The third-order valence-corrected chi connectivity index (χ3v) is 6.10. The average molecular weight is 430 g/mol. The molecule has 5 nitrogen and oxygen atoms in total. The molecule has 7 heteroatoms. The second-order valence-corrected chi connectivity index (χ2v) is 7.98. The summed E-state index contributed by atoms with van der Waals surface area (Å²) in [6.07, 6.45) is 5.73. The first kappa shape index (κ1) is 23.1. The molecule has 1 aliphatic carbocycles. The molecule has 1 N–H and O–H groups in total. The zero-order valence-corrected chi connectivity index (χ0v) is 18.6. The number of halogens is 2. The fourth-order valence-corrected chi connectivity index (χ4v) is 4.04. The minimum absolute atomic E-state index is 0.260. The highest BCUT2D eigenvalue weighted by atomic mass is 35.5. The number of benzene rings is 1. The Morgan fingerprint density at radius 3 is 2.39 bits per heavy atom. The predicted octanol–water partition coefficient (Wildman–Crippen LogP) is 5.20. The van der Waals surface area contributed by atoms with Gasteiger partial charge in [0.1, 0.15) is 0 Å². The van der Waals surface area contributed by atoms with E-state index in [9.17, 15) is 4.79 Å². The van der Waals surface area contributed by atoms with Gasteiger partial charge >= 0.3 is 6.09 Å². The van der Waals surface area contributed by atoms with Gasteiger partial charge in [-0.15, -0.1) is 0 Å². The van der Waals surface area contributed by atoms with Crippen LogP contribution in [0.4, 0.5) is 10.5 Å². The molecule has 158 valence electrons. The van der Waals surface area contributed by atoms with Crippen LogP contribution >= 0.6 is 23.2 Å². The van der Waals surface area contributed by atoms with Crippen molar-refractivity contribution in [2.45, 2.75) is 52.0 Å². The van der Waals surface area contributed by atoms with E-state index in [2.05, 4.69) is 22.0 Å². The lowest BCUT2D eigenvalue weighted by molar-refractivity contribution is 0.145. The van der Waals surface area contributed by atoms with Crippen molar-refractivity contribution in [3.63, 3.8) is 0 Å². The van der Waals surface area contributed by atoms with Crippen molar-refractivity contribution in [3.8, 4) is 0 Å². The van der Waals surface area contributed by atoms with E-state index in [0.29, 0.717) is 22.7 Å². The monoisotopic (exact) mass is 429 g/mol. The maximum atomic E-state index is 11.0. The Morgan fingerprint density at radius 2 is 1.79 bits per heavy atom. The second-order valence-electron chi connectivity index (χ2n) is 7.19. The lowest BCUT2D eigenvalue weighted by atomic mass is 9.96. The summed E-state index contributed by atoms with van der Waals surface area (Å²) in [6.45, 7) is 9.83. The summed E-state index contributed by atoms with van der Waals surface area (Å²) in [6, 6.07) is 6.18. The van der Waals surface area contributed by atoms with Gasteiger partial charge in [-0.3, -0.25) is 0 Å². The average Bonchev–Trinajstić information content (AvgIpc) is 2.72. The van der Waals surface area contributed by atoms with Gasteiger partial charge in [0, 0.05) is 32.2 Å². The molecule has 1 saturated heterocycles. The lowest BCUT2D eigenvalue weighted by Crippen LogP contribution is -2.46. The molecule has 1 aromatic carbocycles. The van der Waals surface area contributed by atoms with Gasteiger partial charge in [-0.2, -0.15) is 0 Å². The van der Waals surface area contributed by atoms with Crippen LogP contribution in [0.3, 0.4) is 0 Å². The van der Waals surface area contributed by atoms with Crippen molar-refractivity contribution in [2.75, 3.05) is 44.2 Å². The van der Waals surface area contributed by atoms with E-state index in [4.69, 9.17) is 27.9 Å². The van der Waals surface area contributed by atoms with Gasteiger partial charge in [-0.25, -0.2) is 4.79 Å². The minimum Gasteiger partial charge on any atom is -0.450 e. The van der Waals surface area contributed by atoms with Crippen LogP contribution in [0.15, 0.2) is 18.2 Å². The summed E-state index contributed by atoms with van der Waals surface area (Å²) in [7, 11) is 0. The van der Waals surface area contributed by atoms with Crippen molar-refractivity contribution >= 4 is 35.0 Å². The Hall–Kier alpha value is -1.17. The molecule has 1 saturated carbocycles. The molecule has 0 radical (unpaired) electrons. The molecule has 28 heavy (non-hydrogen) atoms. The fraction of sp³-hybridized carbons (Fsp3) is 0.667. The fourth-order valence-electron chi connectivity index (χ4n) is 3.63. The molecule has 0 aromatic heterocycles. The number of hydrogen-bond acceptors (Lipinski definition) is 4. The molecule has 1 aromatic rings. The molecule has 0 bridgehead atoms. The largest absolute Gasteiger partial charge is 0.450 e. The highest BCUT2D eigenvalue weighted by Gasteiger charge is 2.18. The molecule has 1 amide bonds. The van der Waals surface area contributed by atoms with Gasteiger partial charge in [0.25, 0.3) is 0 Å². The predicted molar refractivity (Wildman–Crippen MR) is 118 cm³/mol. The van der Waals surface area contributed by atoms with Crippen LogP contribution in [0.25, 0.3) is 0 Å². The lowest BCUT2D eigenvalue weighted by Gasteiger charge is -2.36. The van der Waals surface area contributed by atoms with Crippen molar-refractivity contribution in [3.05, 3.63) is 28.2 Å². The molecule has 1 aliphatic heterocycles. The molecule has 2 aliphatic rings. The number of amides is 1. The maximum Gasteiger partial charge on any atom is 0.407 e. The first-order valence-corrected chi connectivity index (χ1v) is 11.1. The third kappa shape index (κ3) is 7.34. The highest BCUT2D eigenvalue weighted by molar-refractivity contribution is 6.43. The van der Waals surface area contributed by atoms with Crippen LogP contribution in [0.1, 0.15) is 46.0 Å². The number of alkyl carbamates (subject to hydrolysis) is 1. The number of hydrogen-bond donors (Lipinski definition) is 1. The van der Waals surface area contributed by atoms with Crippen LogP contribution in [0.2, 0.25) is 10.0 Å². The smallest absolute Gasteiger partial charge is 0.407 e. The van der Waals surface area contributed by atoms with E-state index in [1.807, 2.05) is 25.1 Å². The van der Waals surface area contributed by atoms with E-state index in [1.54, 1.807) is 0 Å². The summed E-state index contributed by atoms with van der Waals surface area (Å²) >= 11 is 12.2. The molecule has 3 rings (SSSR count). The van der Waals surface area contributed by atoms with Crippen LogP contribution in [0, 0.1) is 0 Å². The van der Waals surface area contributed by atoms with E-state index >= 15 is 0 Å². The van der Waals surface area contributed by atoms with Crippen molar-refractivity contribution < 1.29 is 9.53 Å². The topological polar surface area (TPSA) is 44.8 Å². The Morgan fingerprint density at radius 1 is 1.11 bits per heavy atom. The summed E-state index contributed by atoms with van der Waals surface area (Å²) in [5, 5.41) is 4.17. The number of nitrogens with zero attached hydrogens (tertiary/aromatic N) is 2. The van der Waals surface area contributed by atoms with Gasteiger partial charge in [-0.05, 0) is 38.4 Å².